The van der Waals surface area contributed by atoms with E-state index in [4.69, 9.17) is 4.42 Å². The molecular weight excluding hydrogens is 382 g/mol. The molecule has 1 amide bonds. The van der Waals surface area contributed by atoms with Gasteiger partial charge < -0.3 is 4.42 Å². The first-order chi connectivity index (χ1) is 14.5. The highest BCUT2D eigenvalue weighted by molar-refractivity contribution is 5.98. The van der Waals surface area contributed by atoms with E-state index >= 15 is 0 Å². The van der Waals surface area contributed by atoms with Gasteiger partial charge in [-0.25, -0.2) is 5.43 Å². The van der Waals surface area contributed by atoms with Crippen LogP contribution in [0.5, 0.6) is 0 Å². The summed E-state index contributed by atoms with van der Waals surface area (Å²) in [6.45, 7) is 1.68. The summed E-state index contributed by atoms with van der Waals surface area (Å²) in [5, 5.41) is 17.1. The Balaban J connectivity index is 1.46. The highest BCUT2D eigenvalue weighted by Crippen LogP contribution is 2.27. The standard InChI is InChI=1S/C23H17N3O4/c1-15-6-7-18(13-21(15)26(28)29)22-11-10-20(30-22)14-24-25-23(27)19-9-8-16-4-2-3-5-17(16)12-19/h2-14H,1H3,(H,25,27)/b24-14-. The predicted molar refractivity (Wildman–Crippen MR) is 115 cm³/mol. The van der Waals surface area contributed by atoms with Crippen LogP contribution in [0.15, 0.2) is 82.3 Å². The third kappa shape index (κ3) is 3.95. The van der Waals surface area contributed by atoms with Gasteiger partial charge in [-0.2, -0.15) is 5.10 Å². The van der Waals surface area contributed by atoms with Gasteiger partial charge in [0.15, 0.2) is 0 Å². The number of hydrazone groups is 1. The molecule has 0 radical (unpaired) electrons. The van der Waals surface area contributed by atoms with Crippen molar-refractivity contribution in [1.29, 1.82) is 0 Å². The van der Waals surface area contributed by atoms with E-state index in [1.54, 1.807) is 43.3 Å². The third-order valence-corrected chi connectivity index (χ3v) is 4.69. The van der Waals surface area contributed by atoms with Crippen molar-refractivity contribution in [3.05, 3.63) is 99.8 Å². The van der Waals surface area contributed by atoms with Gasteiger partial charge in [0.1, 0.15) is 11.5 Å². The second kappa shape index (κ2) is 8.00. The second-order valence-electron chi connectivity index (χ2n) is 6.72. The molecule has 7 nitrogen and oxygen atoms in total. The lowest BCUT2D eigenvalue weighted by Crippen LogP contribution is -2.17. The zero-order valence-electron chi connectivity index (χ0n) is 16.0. The average molecular weight is 399 g/mol. The summed E-state index contributed by atoms with van der Waals surface area (Å²) < 4.78 is 5.67. The van der Waals surface area contributed by atoms with Crippen molar-refractivity contribution < 1.29 is 14.1 Å². The highest BCUT2D eigenvalue weighted by atomic mass is 16.6. The molecule has 0 saturated carbocycles. The lowest BCUT2D eigenvalue weighted by molar-refractivity contribution is -0.385. The van der Waals surface area contributed by atoms with Crippen LogP contribution in [0.3, 0.4) is 0 Å². The molecule has 7 heteroatoms. The van der Waals surface area contributed by atoms with Gasteiger partial charge in [0, 0.05) is 22.8 Å². The van der Waals surface area contributed by atoms with Gasteiger partial charge in [0.2, 0.25) is 0 Å². The van der Waals surface area contributed by atoms with Crippen molar-refractivity contribution >= 4 is 28.6 Å². The molecule has 0 aliphatic heterocycles. The van der Waals surface area contributed by atoms with Crippen LogP contribution in [0.25, 0.3) is 22.1 Å². The fourth-order valence-corrected chi connectivity index (χ4v) is 3.09. The van der Waals surface area contributed by atoms with E-state index < -0.39 is 4.92 Å². The maximum atomic E-state index is 12.3. The number of nitrogens with one attached hydrogen (secondary N) is 1. The maximum Gasteiger partial charge on any atom is 0.273 e. The minimum absolute atomic E-state index is 0.0294. The van der Waals surface area contributed by atoms with E-state index in [1.807, 2.05) is 30.3 Å². The number of hydrogen-bond acceptors (Lipinski definition) is 5. The van der Waals surface area contributed by atoms with E-state index in [-0.39, 0.29) is 11.6 Å². The number of aryl methyl sites for hydroxylation is 1. The largest absolute Gasteiger partial charge is 0.455 e. The summed E-state index contributed by atoms with van der Waals surface area (Å²) in [7, 11) is 0. The number of nitro groups is 1. The normalized spacial score (nSPS) is 11.1. The number of carbonyl (C=O) groups is 1. The minimum Gasteiger partial charge on any atom is -0.455 e. The minimum atomic E-state index is -0.424. The Labute approximate surface area is 171 Å². The van der Waals surface area contributed by atoms with Crippen molar-refractivity contribution in [2.75, 3.05) is 0 Å². The quantitative estimate of drug-likeness (QED) is 0.287. The summed E-state index contributed by atoms with van der Waals surface area (Å²) in [6.07, 6.45) is 1.38. The fraction of sp³-hybridized carbons (Fsp3) is 0.0435. The molecule has 0 bridgehead atoms. The SMILES string of the molecule is Cc1ccc(-c2ccc(/C=N\NC(=O)c3ccc4ccccc4c3)o2)cc1[N+](=O)[O-]. The van der Waals surface area contributed by atoms with Crippen LogP contribution in [0, 0.1) is 17.0 Å². The van der Waals surface area contributed by atoms with Crippen LogP contribution >= 0.6 is 0 Å². The van der Waals surface area contributed by atoms with Gasteiger partial charge in [0.05, 0.1) is 11.1 Å². The molecule has 30 heavy (non-hydrogen) atoms. The number of carbonyl (C=O) groups excluding carboxylic acids is 1. The van der Waals surface area contributed by atoms with Gasteiger partial charge in [0.25, 0.3) is 11.6 Å². The summed E-state index contributed by atoms with van der Waals surface area (Å²) in [5.41, 5.74) is 4.17. The van der Waals surface area contributed by atoms with Gasteiger partial charge in [-0.05, 0) is 42.0 Å². The summed E-state index contributed by atoms with van der Waals surface area (Å²) in [6, 6.07) is 21.5. The van der Waals surface area contributed by atoms with Gasteiger partial charge in [-0.3, -0.25) is 14.9 Å². The Morgan fingerprint density at radius 2 is 1.83 bits per heavy atom. The number of rotatable bonds is 5. The molecule has 0 atom stereocenters. The van der Waals surface area contributed by atoms with Crippen molar-refractivity contribution in [2.45, 2.75) is 6.92 Å². The van der Waals surface area contributed by atoms with E-state index in [0.717, 1.165) is 10.8 Å². The summed E-state index contributed by atoms with van der Waals surface area (Å²) in [5.74, 6) is 0.547. The van der Waals surface area contributed by atoms with Crippen molar-refractivity contribution in [1.82, 2.24) is 5.43 Å². The molecule has 3 aromatic carbocycles. The molecule has 0 saturated heterocycles. The first-order valence-electron chi connectivity index (χ1n) is 9.19. The Morgan fingerprint density at radius 1 is 1.03 bits per heavy atom. The lowest BCUT2D eigenvalue weighted by atomic mass is 10.1. The van der Waals surface area contributed by atoms with Crippen LogP contribution in [-0.2, 0) is 0 Å². The zero-order valence-corrected chi connectivity index (χ0v) is 16.0. The molecule has 0 fully saturated rings. The molecule has 148 valence electrons. The Kier molecular flexibility index (Phi) is 5.09. The van der Waals surface area contributed by atoms with Gasteiger partial charge in [-0.1, -0.05) is 42.5 Å². The topological polar surface area (TPSA) is 97.7 Å². The Morgan fingerprint density at radius 3 is 2.63 bits per heavy atom. The van der Waals surface area contributed by atoms with Gasteiger partial charge >= 0.3 is 0 Å². The Bertz CT molecular complexity index is 1290. The molecule has 0 unspecified atom stereocenters. The molecular formula is C23H17N3O4. The molecule has 0 aliphatic carbocycles. The van der Waals surface area contributed by atoms with Crippen molar-refractivity contribution in [3.8, 4) is 11.3 Å². The smallest absolute Gasteiger partial charge is 0.273 e. The van der Waals surface area contributed by atoms with Crippen LogP contribution in [0.2, 0.25) is 0 Å². The molecule has 1 heterocycles. The summed E-state index contributed by atoms with van der Waals surface area (Å²) >= 11 is 0. The van der Waals surface area contributed by atoms with Crippen LogP contribution in [0.1, 0.15) is 21.7 Å². The molecule has 1 aromatic heterocycles. The maximum absolute atomic E-state index is 12.3. The number of benzene rings is 3. The molecule has 4 rings (SSSR count). The van der Waals surface area contributed by atoms with Crippen molar-refractivity contribution in [3.63, 3.8) is 0 Å². The Hall–Kier alpha value is -4.26. The monoisotopic (exact) mass is 399 g/mol. The van der Waals surface area contributed by atoms with Crippen LogP contribution in [0.4, 0.5) is 5.69 Å². The van der Waals surface area contributed by atoms with Crippen molar-refractivity contribution in [2.24, 2.45) is 5.10 Å². The number of nitrogens with zero attached hydrogens (tertiary/aromatic N) is 2. The lowest BCUT2D eigenvalue weighted by Gasteiger charge is -2.02. The summed E-state index contributed by atoms with van der Waals surface area (Å²) in [4.78, 5) is 23.0. The van der Waals surface area contributed by atoms with Crippen LogP contribution in [-0.4, -0.2) is 17.0 Å². The second-order valence-corrected chi connectivity index (χ2v) is 6.72. The first-order valence-corrected chi connectivity index (χ1v) is 9.19. The predicted octanol–water partition coefficient (Wildman–Crippen LogP) is 5.08. The van der Waals surface area contributed by atoms with Crippen LogP contribution < -0.4 is 5.43 Å². The number of fused-ring (bicyclic) bond motifs is 1. The average Bonchev–Trinajstić information content (AvgIpc) is 3.22. The highest BCUT2D eigenvalue weighted by Gasteiger charge is 2.13. The molecule has 4 aromatic rings. The fourth-order valence-electron chi connectivity index (χ4n) is 3.09. The number of hydrogen-bond donors (Lipinski definition) is 1. The molecule has 1 N–H and O–H groups in total. The number of furan rings is 1. The van der Waals surface area contributed by atoms with E-state index in [9.17, 15) is 14.9 Å². The molecule has 0 spiro atoms. The zero-order chi connectivity index (χ0) is 21.1. The number of nitro benzene ring substituents is 1. The van der Waals surface area contributed by atoms with Gasteiger partial charge in [-0.15, -0.1) is 0 Å². The molecule has 0 aliphatic rings. The van der Waals surface area contributed by atoms with E-state index in [1.165, 1.54) is 12.3 Å². The third-order valence-electron chi connectivity index (χ3n) is 4.69. The van der Waals surface area contributed by atoms with E-state index in [0.29, 0.717) is 28.2 Å². The van der Waals surface area contributed by atoms with E-state index in [2.05, 4.69) is 10.5 Å². The number of amides is 1. The first kappa shape index (κ1) is 19.1.